The quantitative estimate of drug-likeness (QED) is 0.254. The molecule has 3 heterocycles. The van der Waals surface area contributed by atoms with Crippen molar-refractivity contribution in [3.8, 4) is 0 Å². The zero-order valence-electron chi connectivity index (χ0n) is 31.6. The number of hydrogen-bond donors (Lipinski definition) is 5. The second-order valence-corrected chi connectivity index (χ2v) is 16.0. The van der Waals surface area contributed by atoms with E-state index in [1.165, 1.54) is 13.8 Å². The van der Waals surface area contributed by atoms with Crippen molar-refractivity contribution in [2.24, 2.45) is 29.6 Å². The van der Waals surface area contributed by atoms with Crippen molar-refractivity contribution < 1.29 is 58.8 Å². The first-order valence-electron chi connectivity index (χ1n) is 18.1. The van der Waals surface area contributed by atoms with Gasteiger partial charge in [0.25, 0.3) is 0 Å². The fourth-order valence-electron chi connectivity index (χ4n) is 8.16. The Hall–Kier alpha value is -1.26. The van der Waals surface area contributed by atoms with Crippen LogP contribution in [-0.4, -0.2) is 135 Å². The van der Waals surface area contributed by atoms with Crippen molar-refractivity contribution in [1.29, 1.82) is 0 Å². The van der Waals surface area contributed by atoms with E-state index >= 15 is 0 Å². The topological polar surface area (TPSA) is 185 Å². The SMILES string of the molecule is CCC1OC(=O)[C@H](C)C(O[C@H]2C[C@@](C)(O)[C@@H](O)[C@H](C)O2)[C@H](C)[C@@H](O[C@@H]2O[C@H](C)C[C@H](N(C)C)[C@H]2O)[C@@H](C)C[C@@H](C)C(=O)[C@H](C)[C@@H](O)[C@]1(C)O. The highest BCUT2D eigenvalue weighted by Gasteiger charge is 2.51. The predicted molar refractivity (Wildman–Crippen MR) is 180 cm³/mol. The minimum absolute atomic E-state index is 0.0844. The molecule has 0 aromatic rings. The summed E-state index contributed by atoms with van der Waals surface area (Å²) in [6, 6.07) is -0.244. The van der Waals surface area contributed by atoms with E-state index in [4.69, 9.17) is 23.7 Å². The van der Waals surface area contributed by atoms with Crippen LogP contribution in [0.15, 0.2) is 0 Å². The van der Waals surface area contributed by atoms with Crippen molar-refractivity contribution in [2.45, 2.75) is 174 Å². The van der Waals surface area contributed by atoms with E-state index in [-0.39, 0.29) is 36.7 Å². The van der Waals surface area contributed by atoms with Crippen molar-refractivity contribution >= 4 is 11.8 Å². The van der Waals surface area contributed by atoms with Gasteiger partial charge < -0.3 is 54.1 Å². The van der Waals surface area contributed by atoms with E-state index in [0.717, 1.165) is 0 Å². The molecule has 0 saturated carbocycles. The number of carbonyl (C=O) groups is 2. The Morgan fingerprint density at radius 3 is 2.02 bits per heavy atom. The van der Waals surface area contributed by atoms with Gasteiger partial charge in [-0.3, -0.25) is 9.59 Å². The number of ether oxygens (including phenoxy) is 5. The Balaban J connectivity index is 2.12. The van der Waals surface area contributed by atoms with Gasteiger partial charge in [0, 0.05) is 30.2 Å². The van der Waals surface area contributed by atoms with Crippen LogP contribution in [0.2, 0.25) is 0 Å². The number of hydrogen-bond acceptors (Lipinski definition) is 13. The first-order valence-corrected chi connectivity index (χ1v) is 18.1. The number of carbonyl (C=O) groups excluding carboxylic acids is 2. The third kappa shape index (κ3) is 9.40. The van der Waals surface area contributed by atoms with Gasteiger partial charge in [0.05, 0.1) is 42.0 Å². The van der Waals surface area contributed by atoms with Crippen LogP contribution in [0.5, 0.6) is 0 Å². The molecule has 0 aromatic carbocycles. The lowest BCUT2D eigenvalue weighted by Gasteiger charge is -2.47. The molecule has 3 fully saturated rings. The van der Waals surface area contributed by atoms with Gasteiger partial charge in [0.15, 0.2) is 12.6 Å². The van der Waals surface area contributed by atoms with Crippen molar-refractivity contribution in [3.05, 3.63) is 0 Å². The predicted octanol–water partition coefficient (Wildman–Crippen LogP) is 2.02. The summed E-state index contributed by atoms with van der Waals surface area (Å²) in [7, 11) is 3.77. The van der Waals surface area contributed by atoms with Gasteiger partial charge >= 0.3 is 5.97 Å². The number of nitrogens with zero attached hydrogens (tertiary/aromatic N) is 1. The van der Waals surface area contributed by atoms with E-state index in [0.29, 0.717) is 12.8 Å². The van der Waals surface area contributed by atoms with Crippen LogP contribution in [0.25, 0.3) is 0 Å². The average molecular weight is 704 g/mol. The molecule has 0 amide bonds. The van der Waals surface area contributed by atoms with Crippen molar-refractivity contribution in [2.75, 3.05) is 14.1 Å². The summed E-state index contributed by atoms with van der Waals surface area (Å²) < 4.78 is 31.3. The molecule has 13 heteroatoms. The molecule has 0 aliphatic carbocycles. The molecule has 3 saturated heterocycles. The minimum atomic E-state index is -1.94. The van der Waals surface area contributed by atoms with Gasteiger partial charge in [-0.1, -0.05) is 34.6 Å². The maximum absolute atomic E-state index is 14.0. The molecule has 13 nitrogen and oxygen atoms in total. The summed E-state index contributed by atoms with van der Waals surface area (Å²) in [6.45, 7) is 16.9. The van der Waals surface area contributed by atoms with Gasteiger partial charge in [0.1, 0.15) is 29.7 Å². The Bertz CT molecular complexity index is 1100. The number of esters is 1. The molecule has 0 aromatic heterocycles. The number of cyclic esters (lactones) is 1. The highest BCUT2D eigenvalue weighted by Crippen LogP contribution is 2.39. The van der Waals surface area contributed by atoms with Gasteiger partial charge in [-0.15, -0.1) is 0 Å². The number of likely N-dealkylation sites (N-methyl/N-ethyl adjacent to an activating group) is 1. The van der Waals surface area contributed by atoms with E-state index in [9.17, 15) is 35.1 Å². The van der Waals surface area contributed by atoms with Gasteiger partial charge in [-0.25, -0.2) is 0 Å². The summed E-state index contributed by atoms with van der Waals surface area (Å²) in [5.41, 5.74) is -3.47. The molecule has 0 radical (unpaired) electrons. The molecule has 0 bridgehead atoms. The Kier molecular flexibility index (Phi) is 14.3. The van der Waals surface area contributed by atoms with Gasteiger partial charge in [0.2, 0.25) is 0 Å². The zero-order chi connectivity index (χ0) is 37.3. The number of rotatable bonds is 6. The van der Waals surface area contributed by atoms with Crippen LogP contribution in [-0.2, 0) is 33.3 Å². The molecule has 49 heavy (non-hydrogen) atoms. The van der Waals surface area contributed by atoms with Gasteiger partial charge in [-0.05, 0) is 73.9 Å². The highest BCUT2D eigenvalue weighted by molar-refractivity contribution is 5.83. The fourth-order valence-corrected chi connectivity index (χ4v) is 8.16. The van der Waals surface area contributed by atoms with Crippen LogP contribution < -0.4 is 0 Å². The molecule has 3 rings (SSSR count). The number of aliphatic hydroxyl groups excluding tert-OH is 3. The maximum atomic E-state index is 14.0. The van der Waals surface area contributed by atoms with Crippen molar-refractivity contribution in [3.63, 3.8) is 0 Å². The number of Topliss-reactive ketones (excluding diaryl/α,β-unsaturated/α-hetero) is 1. The number of aliphatic hydroxyl groups is 5. The summed E-state index contributed by atoms with van der Waals surface area (Å²) >= 11 is 0. The first-order chi connectivity index (χ1) is 22.5. The van der Waals surface area contributed by atoms with Crippen LogP contribution in [0.3, 0.4) is 0 Å². The summed E-state index contributed by atoms with van der Waals surface area (Å²) in [5, 5.41) is 55.8. The smallest absolute Gasteiger partial charge is 0.311 e. The Labute approximate surface area is 292 Å². The largest absolute Gasteiger partial charge is 0.459 e. The van der Waals surface area contributed by atoms with E-state index < -0.39 is 96.2 Å². The second kappa shape index (κ2) is 16.6. The summed E-state index contributed by atoms with van der Waals surface area (Å²) in [6.07, 6.45) is -8.58. The second-order valence-electron chi connectivity index (χ2n) is 16.0. The molecule has 286 valence electrons. The van der Waals surface area contributed by atoms with E-state index in [2.05, 4.69) is 0 Å². The standard InChI is InChI=1S/C36H65NO12/c1-13-25-36(10,44)31(40)20(5)27(38)17(2)14-18(3)29(49-34-28(39)24(37(11)12)15-19(4)45-34)21(6)30(22(7)33(42)47-25)48-26-16-35(9,43)32(41)23(8)46-26/h17-26,28-32,34,39-41,43-44H,13-16H2,1-12H3/t17-,18+,19-,20+,21-,22-,23+,24+,25?,26+,28-,29+,30?,31-,32+,34+,35-,36-/m1/s1. The molecular weight excluding hydrogens is 638 g/mol. The molecule has 3 aliphatic heterocycles. The normalized spacial score (nSPS) is 49.8. The van der Waals surface area contributed by atoms with Crippen LogP contribution in [0, 0.1) is 29.6 Å². The third-order valence-corrected chi connectivity index (χ3v) is 11.4. The lowest BCUT2D eigenvalue weighted by molar-refractivity contribution is -0.306. The molecule has 18 atom stereocenters. The molecule has 2 unspecified atom stereocenters. The van der Waals surface area contributed by atoms with Crippen LogP contribution >= 0.6 is 0 Å². The Morgan fingerprint density at radius 1 is 0.857 bits per heavy atom. The Morgan fingerprint density at radius 2 is 1.47 bits per heavy atom. The first kappa shape index (κ1) is 42.2. The highest BCUT2D eigenvalue weighted by atomic mass is 16.7. The van der Waals surface area contributed by atoms with Crippen LogP contribution in [0.4, 0.5) is 0 Å². The van der Waals surface area contributed by atoms with Gasteiger partial charge in [-0.2, -0.15) is 0 Å². The maximum Gasteiger partial charge on any atom is 0.311 e. The fraction of sp³-hybridized carbons (Fsp3) is 0.944. The van der Waals surface area contributed by atoms with Crippen LogP contribution in [0.1, 0.15) is 94.9 Å². The summed E-state index contributed by atoms with van der Waals surface area (Å²) in [4.78, 5) is 29.6. The van der Waals surface area contributed by atoms with Crippen molar-refractivity contribution in [1.82, 2.24) is 4.90 Å². The lowest BCUT2D eigenvalue weighted by atomic mass is 9.75. The minimum Gasteiger partial charge on any atom is -0.459 e. The molecule has 5 N–H and O–H groups in total. The molecule has 0 spiro atoms. The zero-order valence-corrected chi connectivity index (χ0v) is 31.6. The summed E-state index contributed by atoms with van der Waals surface area (Å²) in [5.74, 6) is -4.42. The van der Waals surface area contributed by atoms with E-state index in [1.807, 2.05) is 39.8 Å². The molecule has 3 aliphatic rings. The van der Waals surface area contributed by atoms with E-state index in [1.54, 1.807) is 34.6 Å². The third-order valence-electron chi connectivity index (χ3n) is 11.4. The molecular formula is C36H65NO12. The average Bonchev–Trinajstić information content (AvgIpc) is 3.02. The lowest BCUT2D eigenvalue weighted by Crippen LogP contribution is -2.58. The number of ketones is 1. The monoisotopic (exact) mass is 703 g/mol.